The second kappa shape index (κ2) is 6.03. The first-order valence-corrected chi connectivity index (χ1v) is 5.25. The molecule has 4 heteroatoms. The van der Waals surface area contributed by atoms with Gasteiger partial charge < -0.3 is 4.74 Å². The summed E-state index contributed by atoms with van der Waals surface area (Å²) in [5, 5.41) is 0. The summed E-state index contributed by atoms with van der Waals surface area (Å²) in [4.78, 5) is 13.6. The number of nitrogens with zero attached hydrogens (tertiary/aromatic N) is 1. The van der Waals surface area contributed by atoms with E-state index in [0.29, 0.717) is 5.75 Å². The van der Waals surface area contributed by atoms with E-state index in [9.17, 15) is 9.18 Å². The molecule has 86 valence electrons. The summed E-state index contributed by atoms with van der Waals surface area (Å²) in [6.07, 6.45) is 3.13. The molecule has 0 aliphatic rings. The SMILES string of the molecule is CCC(CC)Oc1ccc(F)cc1N=C=O. The van der Waals surface area contributed by atoms with E-state index in [1.54, 1.807) is 0 Å². The van der Waals surface area contributed by atoms with Gasteiger partial charge in [0.05, 0.1) is 6.10 Å². The average Bonchev–Trinajstić information content (AvgIpc) is 2.29. The van der Waals surface area contributed by atoms with E-state index >= 15 is 0 Å². The van der Waals surface area contributed by atoms with Gasteiger partial charge in [-0.15, -0.1) is 0 Å². The van der Waals surface area contributed by atoms with Gasteiger partial charge in [-0.2, -0.15) is 4.99 Å². The Hall–Kier alpha value is -1.67. The van der Waals surface area contributed by atoms with Gasteiger partial charge in [-0.1, -0.05) is 13.8 Å². The van der Waals surface area contributed by atoms with Crippen molar-refractivity contribution in [3.8, 4) is 5.75 Å². The molecule has 0 amide bonds. The minimum absolute atomic E-state index is 0.0473. The maximum Gasteiger partial charge on any atom is 0.240 e. The number of hydrogen-bond donors (Lipinski definition) is 0. The zero-order chi connectivity index (χ0) is 12.0. The fraction of sp³-hybridized carbons (Fsp3) is 0.417. The minimum Gasteiger partial charge on any atom is -0.488 e. The number of carbonyl (C=O) groups excluding carboxylic acids is 1. The Morgan fingerprint density at radius 3 is 2.69 bits per heavy atom. The zero-order valence-corrected chi connectivity index (χ0v) is 9.37. The standard InChI is InChI=1S/C12H14FNO2/c1-3-10(4-2)16-12-6-5-9(13)7-11(12)14-8-15/h5-7,10H,3-4H2,1-2H3. The lowest BCUT2D eigenvalue weighted by Crippen LogP contribution is -2.13. The second-order valence-electron chi connectivity index (χ2n) is 3.37. The summed E-state index contributed by atoms with van der Waals surface area (Å²) in [7, 11) is 0. The lowest BCUT2D eigenvalue weighted by atomic mass is 10.2. The fourth-order valence-electron chi connectivity index (χ4n) is 1.36. The molecule has 0 bridgehead atoms. The van der Waals surface area contributed by atoms with Gasteiger partial charge in [0.15, 0.2) is 0 Å². The minimum atomic E-state index is -0.453. The summed E-state index contributed by atoms with van der Waals surface area (Å²) < 4.78 is 18.5. The van der Waals surface area contributed by atoms with Crippen LogP contribution in [0.3, 0.4) is 0 Å². The summed E-state index contributed by atoms with van der Waals surface area (Å²) in [5.41, 5.74) is 0.182. The fourth-order valence-corrected chi connectivity index (χ4v) is 1.36. The van der Waals surface area contributed by atoms with Crippen molar-refractivity contribution in [2.45, 2.75) is 32.8 Å². The molecule has 0 aliphatic carbocycles. The summed E-state index contributed by atoms with van der Waals surface area (Å²) >= 11 is 0. The predicted octanol–water partition coefficient (Wildman–Crippen LogP) is 3.36. The molecule has 1 rings (SSSR count). The van der Waals surface area contributed by atoms with Gasteiger partial charge in [-0.25, -0.2) is 9.18 Å². The molecule has 0 atom stereocenters. The number of isocyanates is 1. The molecule has 0 radical (unpaired) electrons. The molecule has 0 spiro atoms. The Bertz CT molecular complexity index is 396. The predicted molar refractivity (Wildman–Crippen MR) is 59.2 cm³/mol. The van der Waals surface area contributed by atoms with Gasteiger partial charge >= 0.3 is 0 Å². The Balaban J connectivity index is 2.98. The van der Waals surface area contributed by atoms with Crippen molar-refractivity contribution in [2.24, 2.45) is 4.99 Å². The molecule has 0 fully saturated rings. The molecule has 0 unspecified atom stereocenters. The number of ether oxygens (including phenoxy) is 1. The van der Waals surface area contributed by atoms with E-state index in [1.807, 2.05) is 13.8 Å². The van der Waals surface area contributed by atoms with Crippen LogP contribution in [0.5, 0.6) is 5.75 Å². The number of rotatable bonds is 5. The van der Waals surface area contributed by atoms with Crippen LogP contribution in [0.2, 0.25) is 0 Å². The molecule has 16 heavy (non-hydrogen) atoms. The third-order valence-corrected chi connectivity index (χ3v) is 2.29. The third kappa shape index (κ3) is 3.17. The molecule has 0 saturated carbocycles. The van der Waals surface area contributed by atoms with Crippen molar-refractivity contribution in [1.29, 1.82) is 0 Å². The highest BCUT2D eigenvalue weighted by Gasteiger charge is 2.10. The highest BCUT2D eigenvalue weighted by atomic mass is 19.1. The first kappa shape index (κ1) is 12.4. The van der Waals surface area contributed by atoms with Crippen LogP contribution in [-0.4, -0.2) is 12.2 Å². The largest absolute Gasteiger partial charge is 0.488 e. The molecule has 0 saturated heterocycles. The van der Waals surface area contributed by atoms with Gasteiger partial charge in [0.2, 0.25) is 6.08 Å². The van der Waals surface area contributed by atoms with Gasteiger partial charge in [0.25, 0.3) is 0 Å². The topological polar surface area (TPSA) is 38.7 Å². The van der Waals surface area contributed by atoms with Crippen LogP contribution >= 0.6 is 0 Å². The van der Waals surface area contributed by atoms with Crippen molar-refractivity contribution < 1.29 is 13.9 Å². The number of halogens is 1. The van der Waals surface area contributed by atoms with Crippen LogP contribution in [0, 0.1) is 5.82 Å². The Kier molecular flexibility index (Phi) is 4.67. The van der Waals surface area contributed by atoms with Crippen LogP contribution in [0.4, 0.5) is 10.1 Å². The molecular weight excluding hydrogens is 209 g/mol. The first-order chi connectivity index (χ1) is 7.71. The molecular formula is C12H14FNO2. The lowest BCUT2D eigenvalue weighted by molar-refractivity contribution is 0.193. The summed E-state index contributed by atoms with van der Waals surface area (Å²) in [6, 6.07) is 3.91. The summed E-state index contributed by atoms with van der Waals surface area (Å²) in [6.45, 7) is 4.00. The maximum absolute atomic E-state index is 12.9. The van der Waals surface area contributed by atoms with Crippen LogP contribution < -0.4 is 4.74 Å². The number of benzene rings is 1. The molecule has 0 heterocycles. The van der Waals surface area contributed by atoms with Crippen LogP contribution in [0.1, 0.15) is 26.7 Å². The molecule has 1 aromatic rings. The number of hydrogen-bond acceptors (Lipinski definition) is 3. The Morgan fingerprint density at radius 1 is 1.44 bits per heavy atom. The average molecular weight is 223 g/mol. The van der Waals surface area contributed by atoms with Gasteiger partial charge in [0, 0.05) is 6.07 Å². The zero-order valence-electron chi connectivity index (χ0n) is 9.37. The van der Waals surface area contributed by atoms with E-state index < -0.39 is 5.82 Å². The van der Waals surface area contributed by atoms with Gasteiger partial charge in [-0.3, -0.25) is 0 Å². The maximum atomic E-state index is 12.9. The number of aliphatic imine (C=N–C) groups is 1. The van der Waals surface area contributed by atoms with Gasteiger partial charge in [-0.05, 0) is 25.0 Å². The van der Waals surface area contributed by atoms with Crippen LogP contribution in [0.15, 0.2) is 23.2 Å². The Labute approximate surface area is 94.0 Å². The van der Waals surface area contributed by atoms with Crippen LogP contribution in [-0.2, 0) is 4.79 Å². The quantitative estimate of drug-likeness (QED) is 0.567. The van der Waals surface area contributed by atoms with Crippen molar-refractivity contribution in [3.63, 3.8) is 0 Å². The van der Waals surface area contributed by atoms with E-state index in [4.69, 9.17) is 4.74 Å². The normalized spacial score (nSPS) is 10.0. The molecule has 3 nitrogen and oxygen atoms in total. The van der Waals surface area contributed by atoms with E-state index in [2.05, 4.69) is 4.99 Å². The highest BCUT2D eigenvalue weighted by molar-refractivity contribution is 5.57. The van der Waals surface area contributed by atoms with Crippen molar-refractivity contribution >= 4 is 11.8 Å². The monoisotopic (exact) mass is 223 g/mol. The van der Waals surface area contributed by atoms with E-state index in [0.717, 1.165) is 18.9 Å². The van der Waals surface area contributed by atoms with Gasteiger partial charge in [0.1, 0.15) is 17.3 Å². The smallest absolute Gasteiger partial charge is 0.240 e. The van der Waals surface area contributed by atoms with Crippen molar-refractivity contribution in [3.05, 3.63) is 24.0 Å². The first-order valence-electron chi connectivity index (χ1n) is 5.25. The van der Waals surface area contributed by atoms with Crippen LogP contribution in [0.25, 0.3) is 0 Å². The van der Waals surface area contributed by atoms with E-state index in [1.165, 1.54) is 18.2 Å². The van der Waals surface area contributed by atoms with E-state index in [-0.39, 0.29) is 11.8 Å². The molecule has 0 aliphatic heterocycles. The molecule has 1 aromatic carbocycles. The second-order valence-corrected chi connectivity index (χ2v) is 3.37. The molecule has 0 aromatic heterocycles. The lowest BCUT2D eigenvalue weighted by Gasteiger charge is -2.16. The highest BCUT2D eigenvalue weighted by Crippen LogP contribution is 2.29. The summed E-state index contributed by atoms with van der Waals surface area (Å²) in [5.74, 6) is -0.0376. The Morgan fingerprint density at radius 2 is 2.12 bits per heavy atom. The molecule has 0 N–H and O–H groups in total. The third-order valence-electron chi connectivity index (χ3n) is 2.29. The van der Waals surface area contributed by atoms with Crippen molar-refractivity contribution in [2.75, 3.05) is 0 Å². The van der Waals surface area contributed by atoms with Crippen molar-refractivity contribution in [1.82, 2.24) is 0 Å².